The lowest BCUT2D eigenvalue weighted by Crippen LogP contribution is -2.25. The summed E-state index contributed by atoms with van der Waals surface area (Å²) in [5.41, 5.74) is 7.25. The van der Waals surface area contributed by atoms with E-state index in [1.54, 1.807) is 19.2 Å². The number of methoxy groups -OCH3 is 1. The monoisotopic (exact) mass is 369 g/mol. The van der Waals surface area contributed by atoms with Crippen LogP contribution in [0.2, 0.25) is 0 Å². The quantitative estimate of drug-likeness (QED) is 0.772. The number of hydrogen-bond acceptors (Lipinski definition) is 3. The second kappa shape index (κ2) is 7.82. The van der Waals surface area contributed by atoms with Crippen molar-refractivity contribution in [3.63, 3.8) is 0 Å². The van der Waals surface area contributed by atoms with Crippen molar-refractivity contribution in [1.82, 2.24) is 0 Å². The first-order valence-corrected chi connectivity index (χ1v) is 8.33. The van der Waals surface area contributed by atoms with Gasteiger partial charge in [0.1, 0.15) is 11.6 Å². The molecule has 2 rings (SSSR count). The lowest BCUT2D eigenvalue weighted by atomic mass is 10.1. The fourth-order valence-corrected chi connectivity index (χ4v) is 3.24. The van der Waals surface area contributed by atoms with Crippen molar-refractivity contribution in [3.8, 4) is 5.75 Å². The van der Waals surface area contributed by atoms with E-state index < -0.39 is 0 Å². The van der Waals surface area contributed by atoms with Crippen molar-refractivity contribution < 1.29 is 9.13 Å². The molecule has 2 aromatic carbocycles. The van der Waals surface area contributed by atoms with E-state index >= 15 is 0 Å². The van der Waals surface area contributed by atoms with Crippen LogP contribution in [-0.2, 0) is 6.42 Å². The summed E-state index contributed by atoms with van der Waals surface area (Å²) in [5, 5.41) is 0. The Morgan fingerprint density at radius 3 is 2.76 bits per heavy atom. The van der Waals surface area contributed by atoms with Crippen LogP contribution in [-0.4, -0.2) is 18.9 Å². The number of halogens is 2. The molecule has 0 aromatic heterocycles. The van der Waals surface area contributed by atoms with Crippen LogP contribution in [0.25, 0.3) is 0 Å². The molecular formula is C16H17BrFNOS. The van der Waals surface area contributed by atoms with Gasteiger partial charge in [-0.3, -0.25) is 0 Å². The Morgan fingerprint density at radius 2 is 2.05 bits per heavy atom. The maximum absolute atomic E-state index is 13.5. The summed E-state index contributed by atoms with van der Waals surface area (Å²) in [5.74, 6) is 1.27. The zero-order valence-corrected chi connectivity index (χ0v) is 14.1. The van der Waals surface area contributed by atoms with Gasteiger partial charge in [0.25, 0.3) is 0 Å². The summed E-state index contributed by atoms with van der Waals surface area (Å²) in [6.07, 6.45) is 0.708. The zero-order chi connectivity index (χ0) is 15.2. The lowest BCUT2D eigenvalue weighted by Gasteiger charge is -2.14. The van der Waals surface area contributed by atoms with Gasteiger partial charge in [0.2, 0.25) is 0 Å². The zero-order valence-electron chi connectivity index (χ0n) is 11.7. The Balaban J connectivity index is 1.96. The van der Waals surface area contributed by atoms with E-state index in [0.717, 1.165) is 15.8 Å². The maximum atomic E-state index is 13.5. The second-order valence-corrected chi connectivity index (χ2v) is 6.58. The highest BCUT2D eigenvalue weighted by atomic mass is 79.9. The highest BCUT2D eigenvalue weighted by molar-refractivity contribution is 9.10. The van der Waals surface area contributed by atoms with Crippen molar-refractivity contribution in [2.75, 3.05) is 12.9 Å². The predicted molar refractivity (Wildman–Crippen MR) is 89.5 cm³/mol. The number of hydrogen-bond donors (Lipinski definition) is 1. The summed E-state index contributed by atoms with van der Waals surface area (Å²) in [7, 11) is 1.64. The molecule has 0 radical (unpaired) electrons. The average Bonchev–Trinajstić information content (AvgIpc) is 2.48. The molecule has 0 saturated carbocycles. The minimum Gasteiger partial charge on any atom is -0.497 e. The van der Waals surface area contributed by atoms with Gasteiger partial charge in [-0.25, -0.2) is 4.39 Å². The third kappa shape index (κ3) is 4.73. The minimum atomic E-state index is -0.197. The number of nitrogens with two attached hydrogens (primary N) is 1. The minimum absolute atomic E-state index is 0.0574. The van der Waals surface area contributed by atoms with Crippen LogP contribution < -0.4 is 10.5 Å². The van der Waals surface area contributed by atoms with Gasteiger partial charge in [0.15, 0.2) is 0 Å². The van der Waals surface area contributed by atoms with Crippen molar-refractivity contribution in [1.29, 1.82) is 0 Å². The van der Waals surface area contributed by atoms with Crippen LogP contribution in [0.1, 0.15) is 5.56 Å². The molecule has 21 heavy (non-hydrogen) atoms. The average molecular weight is 370 g/mol. The normalized spacial score (nSPS) is 12.2. The fourth-order valence-electron chi connectivity index (χ4n) is 1.93. The van der Waals surface area contributed by atoms with E-state index in [2.05, 4.69) is 15.9 Å². The molecule has 0 heterocycles. The van der Waals surface area contributed by atoms with E-state index in [9.17, 15) is 4.39 Å². The van der Waals surface area contributed by atoms with Crippen molar-refractivity contribution >= 4 is 27.7 Å². The highest BCUT2D eigenvalue weighted by Gasteiger charge is 2.10. The molecule has 0 aliphatic rings. The molecule has 0 fully saturated rings. The SMILES string of the molecule is COc1ccc(Br)c(CC(N)CSc2ccccc2F)c1. The number of ether oxygens (including phenoxy) is 1. The first-order chi connectivity index (χ1) is 10.1. The van der Waals surface area contributed by atoms with Gasteiger partial charge in [-0.1, -0.05) is 28.1 Å². The molecule has 0 spiro atoms. The summed E-state index contributed by atoms with van der Waals surface area (Å²) >= 11 is 4.96. The van der Waals surface area contributed by atoms with Crippen molar-refractivity contribution in [2.24, 2.45) is 5.73 Å². The van der Waals surface area contributed by atoms with Gasteiger partial charge < -0.3 is 10.5 Å². The van der Waals surface area contributed by atoms with Gasteiger partial charge in [-0.05, 0) is 42.3 Å². The molecule has 0 aliphatic heterocycles. The van der Waals surface area contributed by atoms with Crippen molar-refractivity contribution in [2.45, 2.75) is 17.4 Å². The Morgan fingerprint density at radius 1 is 1.29 bits per heavy atom. The van der Waals surface area contributed by atoms with Crippen LogP contribution in [0, 0.1) is 5.82 Å². The number of rotatable bonds is 6. The van der Waals surface area contributed by atoms with Gasteiger partial charge >= 0.3 is 0 Å². The molecule has 1 atom stereocenters. The first-order valence-electron chi connectivity index (χ1n) is 6.55. The van der Waals surface area contributed by atoms with E-state index in [0.29, 0.717) is 17.1 Å². The van der Waals surface area contributed by atoms with Crippen LogP contribution in [0.15, 0.2) is 51.8 Å². The third-order valence-electron chi connectivity index (χ3n) is 3.02. The molecule has 0 bridgehead atoms. The summed E-state index contributed by atoms with van der Waals surface area (Å²) in [4.78, 5) is 0.637. The molecule has 0 saturated heterocycles. The summed E-state index contributed by atoms with van der Waals surface area (Å²) in [6, 6.07) is 12.5. The molecule has 2 aromatic rings. The van der Waals surface area contributed by atoms with Gasteiger partial charge in [-0.15, -0.1) is 11.8 Å². The van der Waals surface area contributed by atoms with Gasteiger partial charge in [0.05, 0.1) is 7.11 Å². The van der Waals surface area contributed by atoms with E-state index in [1.165, 1.54) is 17.8 Å². The van der Waals surface area contributed by atoms with E-state index in [4.69, 9.17) is 10.5 Å². The van der Waals surface area contributed by atoms with Crippen molar-refractivity contribution in [3.05, 3.63) is 58.3 Å². The lowest BCUT2D eigenvalue weighted by molar-refractivity contribution is 0.414. The molecule has 5 heteroatoms. The van der Waals surface area contributed by atoms with Crippen LogP contribution in [0.3, 0.4) is 0 Å². The molecule has 1 unspecified atom stereocenters. The highest BCUT2D eigenvalue weighted by Crippen LogP contribution is 2.26. The molecule has 0 aliphatic carbocycles. The standard InChI is InChI=1S/C16H17BrFNOS/c1-20-13-6-7-14(17)11(9-13)8-12(19)10-21-16-5-3-2-4-15(16)18/h2-7,9,12H,8,10,19H2,1H3. The van der Waals surface area contributed by atoms with Crippen LogP contribution in [0.4, 0.5) is 4.39 Å². The van der Waals surface area contributed by atoms with E-state index in [1.807, 2.05) is 24.3 Å². The van der Waals surface area contributed by atoms with Crippen LogP contribution >= 0.6 is 27.7 Å². The summed E-state index contributed by atoms with van der Waals surface area (Å²) in [6.45, 7) is 0. The largest absolute Gasteiger partial charge is 0.497 e. The topological polar surface area (TPSA) is 35.2 Å². The Hall–Kier alpha value is -1.04. The Bertz CT molecular complexity index is 609. The molecule has 112 valence electrons. The second-order valence-electron chi connectivity index (χ2n) is 4.66. The third-order valence-corrected chi connectivity index (χ3v) is 5.04. The molecule has 0 amide bonds. The predicted octanol–water partition coefficient (Wildman–Crippen LogP) is 4.26. The van der Waals surface area contributed by atoms with Gasteiger partial charge in [-0.2, -0.15) is 0 Å². The maximum Gasteiger partial charge on any atom is 0.136 e. The molecule has 2 nitrogen and oxygen atoms in total. The van der Waals surface area contributed by atoms with Crippen LogP contribution in [0.5, 0.6) is 5.75 Å². The number of thioether (sulfide) groups is 1. The molecular weight excluding hydrogens is 353 g/mol. The van der Waals surface area contributed by atoms with Gasteiger partial charge in [0, 0.05) is 21.2 Å². The number of benzene rings is 2. The first kappa shape index (κ1) is 16.3. The Kier molecular flexibility index (Phi) is 6.08. The molecule has 2 N–H and O–H groups in total. The smallest absolute Gasteiger partial charge is 0.136 e. The summed E-state index contributed by atoms with van der Waals surface area (Å²) < 4.78 is 19.8. The van der Waals surface area contributed by atoms with E-state index in [-0.39, 0.29) is 11.9 Å². The fraction of sp³-hybridized carbons (Fsp3) is 0.250. The Labute approximate surface area is 137 Å².